The second kappa shape index (κ2) is 4.74. The summed E-state index contributed by atoms with van der Waals surface area (Å²) in [6, 6.07) is 0. The quantitative estimate of drug-likeness (QED) is 0.765. The summed E-state index contributed by atoms with van der Waals surface area (Å²) in [6.45, 7) is 2.85. The van der Waals surface area contributed by atoms with Crippen LogP contribution in [0.5, 0.6) is 0 Å². The Balaban J connectivity index is 1.88. The molecule has 0 spiro atoms. The molecule has 2 aliphatic rings. The van der Waals surface area contributed by atoms with E-state index in [1.807, 2.05) is 0 Å². The summed E-state index contributed by atoms with van der Waals surface area (Å²) < 4.78 is 0. The van der Waals surface area contributed by atoms with Crippen LogP contribution in [0.1, 0.15) is 51.9 Å². The van der Waals surface area contributed by atoms with Crippen LogP contribution in [0.15, 0.2) is 0 Å². The Morgan fingerprint density at radius 1 is 1.44 bits per heavy atom. The van der Waals surface area contributed by atoms with Gasteiger partial charge < -0.3 is 11.1 Å². The fourth-order valence-electron chi connectivity index (χ4n) is 2.94. The highest BCUT2D eigenvalue weighted by molar-refractivity contribution is 5.77. The molecule has 16 heavy (non-hydrogen) atoms. The molecule has 0 bridgehead atoms. The summed E-state index contributed by atoms with van der Waals surface area (Å²) in [5.41, 5.74) is 5.79. The molecule has 2 unspecified atom stereocenters. The zero-order valence-electron chi connectivity index (χ0n) is 10.3. The Hall–Kier alpha value is -0.570. The lowest BCUT2D eigenvalue weighted by molar-refractivity contribution is -0.123. The van der Waals surface area contributed by atoms with Gasteiger partial charge in [0.2, 0.25) is 5.91 Å². The van der Waals surface area contributed by atoms with Crippen molar-refractivity contribution in [2.75, 3.05) is 6.54 Å². The highest BCUT2D eigenvalue weighted by atomic mass is 16.1. The molecule has 0 heterocycles. The van der Waals surface area contributed by atoms with Crippen molar-refractivity contribution in [2.45, 2.75) is 57.4 Å². The second-order valence-electron chi connectivity index (χ2n) is 5.88. The molecule has 0 aliphatic heterocycles. The molecule has 2 fully saturated rings. The molecular weight excluding hydrogens is 200 g/mol. The van der Waals surface area contributed by atoms with Crippen LogP contribution in [0.25, 0.3) is 0 Å². The van der Waals surface area contributed by atoms with Gasteiger partial charge in [0.05, 0.1) is 5.54 Å². The Morgan fingerprint density at radius 3 is 2.75 bits per heavy atom. The molecule has 2 atom stereocenters. The van der Waals surface area contributed by atoms with Crippen LogP contribution in [0, 0.1) is 11.8 Å². The first-order valence-corrected chi connectivity index (χ1v) is 6.65. The fourth-order valence-corrected chi connectivity index (χ4v) is 2.94. The minimum Gasteiger partial charge on any atom is -0.349 e. The average Bonchev–Trinajstić information content (AvgIpc) is 3.01. The van der Waals surface area contributed by atoms with Gasteiger partial charge in [0, 0.05) is 13.0 Å². The van der Waals surface area contributed by atoms with E-state index in [2.05, 4.69) is 12.2 Å². The number of rotatable bonds is 4. The Bertz CT molecular complexity index is 263. The molecule has 2 aliphatic carbocycles. The van der Waals surface area contributed by atoms with E-state index in [1.54, 1.807) is 0 Å². The topological polar surface area (TPSA) is 55.1 Å². The van der Waals surface area contributed by atoms with Crippen molar-refractivity contribution in [1.29, 1.82) is 0 Å². The smallest absolute Gasteiger partial charge is 0.220 e. The van der Waals surface area contributed by atoms with E-state index >= 15 is 0 Å². The van der Waals surface area contributed by atoms with Crippen LogP contribution in [-0.4, -0.2) is 18.0 Å². The lowest BCUT2D eigenvalue weighted by atomic mass is 9.76. The Labute approximate surface area is 98.2 Å². The van der Waals surface area contributed by atoms with Crippen LogP contribution in [0.2, 0.25) is 0 Å². The Kier molecular flexibility index (Phi) is 3.53. The van der Waals surface area contributed by atoms with Gasteiger partial charge in [-0.05, 0) is 37.5 Å². The fraction of sp³-hybridized carbons (Fsp3) is 0.923. The molecule has 3 N–H and O–H groups in total. The third-order valence-electron chi connectivity index (χ3n) is 4.06. The first-order chi connectivity index (χ1) is 7.63. The standard InChI is InChI=1S/C13H24N2O/c1-10-3-2-6-13(8-10,9-14)15-12(16)7-11-4-5-11/h10-11H,2-9,14H2,1H3,(H,15,16). The number of amides is 1. The maximum Gasteiger partial charge on any atom is 0.220 e. The summed E-state index contributed by atoms with van der Waals surface area (Å²) in [5, 5.41) is 3.22. The number of nitrogens with two attached hydrogens (primary N) is 1. The molecule has 0 saturated heterocycles. The van der Waals surface area contributed by atoms with Gasteiger partial charge in [-0.3, -0.25) is 4.79 Å². The highest BCUT2D eigenvalue weighted by Gasteiger charge is 2.36. The van der Waals surface area contributed by atoms with Crippen LogP contribution >= 0.6 is 0 Å². The van der Waals surface area contributed by atoms with Crippen molar-refractivity contribution in [3.63, 3.8) is 0 Å². The van der Waals surface area contributed by atoms with Crippen LogP contribution in [0.3, 0.4) is 0 Å². The third-order valence-corrected chi connectivity index (χ3v) is 4.06. The van der Waals surface area contributed by atoms with Gasteiger partial charge in [0.25, 0.3) is 0 Å². The number of nitrogens with one attached hydrogen (secondary N) is 1. The average molecular weight is 224 g/mol. The maximum atomic E-state index is 11.9. The summed E-state index contributed by atoms with van der Waals surface area (Å²) in [4.78, 5) is 11.9. The maximum absolute atomic E-state index is 11.9. The monoisotopic (exact) mass is 224 g/mol. The predicted octanol–water partition coefficient (Wildman–Crippen LogP) is 1.81. The summed E-state index contributed by atoms with van der Waals surface area (Å²) in [5.74, 6) is 1.58. The lowest BCUT2D eigenvalue weighted by Crippen LogP contribution is -2.56. The molecule has 92 valence electrons. The number of carbonyl (C=O) groups excluding carboxylic acids is 1. The minimum absolute atomic E-state index is 0.0936. The van der Waals surface area contributed by atoms with E-state index in [0.29, 0.717) is 18.4 Å². The van der Waals surface area contributed by atoms with Gasteiger partial charge >= 0.3 is 0 Å². The predicted molar refractivity (Wildman–Crippen MR) is 64.9 cm³/mol. The van der Waals surface area contributed by atoms with Crippen molar-refractivity contribution < 1.29 is 4.79 Å². The van der Waals surface area contributed by atoms with Gasteiger partial charge in [-0.15, -0.1) is 0 Å². The van der Waals surface area contributed by atoms with Gasteiger partial charge in [0.1, 0.15) is 0 Å². The van der Waals surface area contributed by atoms with Crippen molar-refractivity contribution in [3.05, 3.63) is 0 Å². The molecule has 0 aromatic carbocycles. The number of hydrogen-bond acceptors (Lipinski definition) is 2. The zero-order valence-corrected chi connectivity index (χ0v) is 10.3. The molecule has 2 rings (SSSR count). The van der Waals surface area contributed by atoms with E-state index in [0.717, 1.165) is 19.3 Å². The molecule has 0 radical (unpaired) electrons. The molecule has 0 aromatic rings. The minimum atomic E-state index is -0.0936. The molecular formula is C13H24N2O. The van der Waals surface area contributed by atoms with Crippen molar-refractivity contribution in [3.8, 4) is 0 Å². The SMILES string of the molecule is CC1CCCC(CN)(NC(=O)CC2CC2)C1. The first kappa shape index (κ1) is 11.9. The van der Waals surface area contributed by atoms with E-state index < -0.39 is 0 Å². The first-order valence-electron chi connectivity index (χ1n) is 6.65. The van der Waals surface area contributed by atoms with Crippen molar-refractivity contribution >= 4 is 5.91 Å². The largest absolute Gasteiger partial charge is 0.349 e. The van der Waals surface area contributed by atoms with Crippen molar-refractivity contribution in [1.82, 2.24) is 5.32 Å². The molecule has 0 aromatic heterocycles. The zero-order chi connectivity index (χ0) is 11.6. The lowest BCUT2D eigenvalue weighted by Gasteiger charge is -2.40. The van der Waals surface area contributed by atoms with Crippen LogP contribution in [0.4, 0.5) is 0 Å². The summed E-state index contributed by atoms with van der Waals surface area (Å²) in [6.07, 6.45) is 7.78. The summed E-state index contributed by atoms with van der Waals surface area (Å²) >= 11 is 0. The summed E-state index contributed by atoms with van der Waals surface area (Å²) in [7, 11) is 0. The van der Waals surface area contributed by atoms with Crippen LogP contribution < -0.4 is 11.1 Å². The van der Waals surface area contributed by atoms with E-state index in [1.165, 1.54) is 25.7 Å². The van der Waals surface area contributed by atoms with Gasteiger partial charge in [-0.2, -0.15) is 0 Å². The van der Waals surface area contributed by atoms with E-state index in [4.69, 9.17) is 5.73 Å². The van der Waals surface area contributed by atoms with Crippen LogP contribution in [-0.2, 0) is 4.79 Å². The molecule has 3 heteroatoms. The highest BCUT2D eigenvalue weighted by Crippen LogP contribution is 2.34. The molecule has 1 amide bonds. The van der Waals surface area contributed by atoms with E-state index in [-0.39, 0.29) is 11.4 Å². The van der Waals surface area contributed by atoms with Gasteiger partial charge in [-0.25, -0.2) is 0 Å². The Morgan fingerprint density at radius 2 is 2.19 bits per heavy atom. The third kappa shape index (κ3) is 2.97. The normalized spacial score (nSPS) is 34.8. The van der Waals surface area contributed by atoms with Crippen molar-refractivity contribution in [2.24, 2.45) is 17.6 Å². The van der Waals surface area contributed by atoms with Gasteiger partial charge in [-0.1, -0.05) is 19.8 Å². The second-order valence-corrected chi connectivity index (χ2v) is 5.88. The number of hydrogen-bond donors (Lipinski definition) is 2. The molecule has 2 saturated carbocycles. The van der Waals surface area contributed by atoms with E-state index in [9.17, 15) is 4.79 Å². The molecule has 3 nitrogen and oxygen atoms in total. The number of carbonyl (C=O) groups is 1. The van der Waals surface area contributed by atoms with Gasteiger partial charge in [0.15, 0.2) is 0 Å².